The summed E-state index contributed by atoms with van der Waals surface area (Å²) in [6.07, 6.45) is 6.61. The number of hydrogen-bond acceptors (Lipinski definition) is 9. The second-order valence-electron chi connectivity index (χ2n) is 10.6. The third-order valence-corrected chi connectivity index (χ3v) is 7.62. The molecular formula is C30H34FN9O3. The van der Waals surface area contributed by atoms with Gasteiger partial charge in [-0.3, -0.25) is 10.2 Å². The van der Waals surface area contributed by atoms with Gasteiger partial charge in [-0.2, -0.15) is 14.6 Å². The van der Waals surface area contributed by atoms with Gasteiger partial charge in [-0.15, -0.1) is 0 Å². The molecule has 2 amide bonds. The Labute approximate surface area is 248 Å². The van der Waals surface area contributed by atoms with Crippen molar-refractivity contribution in [3.8, 4) is 16.9 Å². The number of hydroxylamine groups is 2. The van der Waals surface area contributed by atoms with E-state index in [-0.39, 0.29) is 0 Å². The Morgan fingerprint density at radius 3 is 2.60 bits per heavy atom. The average Bonchev–Trinajstić information content (AvgIpc) is 3.77. The SMILES string of the molecule is COCCN1C[C@@H](NC(=O)Nc2c(C)c(-c3cnc(N4CCCC4)nc3)nn2-c2ccccc2)[C@H](c2ccnc(F)c2)O1. The Hall–Kier alpha value is -4.46. The van der Waals surface area contributed by atoms with Gasteiger partial charge in [-0.05, 0) is 49.6 Å². The van der Waals surface area contributed by atoms with E-state index in [1.807, 2.05) is 37.3 Å². The van der Waals surface area contributed by atoms with E-state index >= 15 is 0 Å². The fourth-order valence-corrected chi connectivity index (χ4v) is 5.45. The lowest BCUT2D eigenvalue weighted by Gasteiger charge is -2.19. The normalized spacial score (nSPS) is 18.7. The number of halogens is 1. The van der Waals surface area contributed by atoms with Crippen LogP contribution in [-0.2, 0) is 9.57 Å². The number of carbonyl (C=O) groups is 1. The minimum Gasteiger partial charge on any atom is -0.383 e. The molecule has 5 heterocycles. The molecule has 2 aliphatic heterocycles. The first kappa shape index (κ1) is 28.6. The van der Waals surface area contributed by atoms with E-state index in [9.17, 15) is 9.18 Å². The summed E-state index contributed by atoms with van der Waals surface area (Å²) in [4.78, 5) is 34.6. The number of hydrogen-bond donors (Lipinski definition) is 2. The number of nitrogens with one attached hydrogen (secondary N) is 2. The predicted octanol–water partition coefficient (Wildman–Crippen LogP) is 3.90. The molecule has 2 aliphatic rings. The maximum atomic E-state index is 14.0. The van der Waals surface area contributed by atoms with Crippen LogP contribution in [0, 0.1) is 12.9 Å². The number of amides is 2. The van der Waals surface area contributed by atoms with Gasteiger partial charge in [0, 0.05) is 63.0 Å². The van der Waals surface area contributed by atoms with E-state index in [0.717, 1.165) is 42.7 Å². The lowest BCUT2D eigenvalue weighted by atomic mass is 10.0. The van der Waals surface area contributed by atoms with Crippen LogP contribution in [0.5, 0.6) is 0 Å². The molecule has 1 aromatic carbocycles. The number of rotatable bonds is 9. The fraction of sp³-hybridized carbons (Fsp3) is 0.367. The molecule has 2 saturated heterocycles. The Morgan fingerprint density at radius 2 is 1.88 bits per heavy atom. The number of urea groups is 1. The van der Waals surface area contributed by atoms with Gasteiger partial charge < -0.3 is 15.0 Å². The summed E-state index contributed by atoms with van der Waals surface area (Å²) in [5.41, 5.74) is 3.52. The quantitative estimate of drug-likeness (QED) is 0.281. The first-order chi connectivity index (χ1) is 21.0. The lowest BCUT2D eigenvalue weighted by molar-refractivity contribution is -0.154. The van der Waals surface area contributed by atoms with Gasteiger partial charge in [0.15, 0.2) is 0 Å². The third-order valence-electron chi connectivity index (χ3n) is 7.62. The van der Waals surface area contributed by atoms with E-state index in [2.05, 4.69) is 30.5 Å². The van der Waals surface area contributed by atoms with Crippen molar-refractivity contribution in [3.63, 3.8) is 0 Å². The molecule has 12 nitrogen and oxygen atoms in total. The zero-order valence-electron chi connectivity index (χ0n) is 24.1. The first-order valence-corrected chi connectivity index (χ1v) is 14.3. The Balaban J connectivity index is 1.26. The number of anilines is 2. The van der Waals surface area contributed by atoms with E-state index < -0.39 is 24.1 Å². The van der Waals surface area contributed by atoms with Gasteiger partial charge in [-0.25, -0.2) is 24.4 Å². The molecule has 2 fully saturated rings. The number of benzene rings is 1. The summed E-state index contributed by atoms with van der Waals surface area (Å²) in [6, 6.07) is 11.6. The summed E-state index contributed by atoms with van der Waals surface area (Å²) in [7, 11) is 1.61. The number of para-hydroxylation sites is 1. The highest BCUT2D eigenvalue weighted by atomic mass is 19.1. The minimum atomic E-state index is -0.619. The summed E-state index contributed by atoms with van der Waals surface area (Å²) < 4.78 is 20.9. The molecule has 4 aromatic rings. The second-order valence-corrected chi connectivity index (χ2v) is 10.6. The zero-order valence-corrected chi connectivity index (χ0v) is 24.1. The molecule has 0 unspecified atom stereocenters. The van der Waals surface area contributed by atoms with Crippen LogP contribution in [0.2, 0.25) is 0 Å². The number of methoxy groups -OCH3 is 1. The third kappa shape index (κ3) is 6.33. The molecule has 6 rings (SSSR count). The van der Waals surface area contributed by atoms with Crippen LogP contribution in [0.15, 0.2) is 61.1 Å². The largest absolute Gasteiger partial charge is 0.383 e. The number of ether oxygens (including phenoxy) is 1. The van der Waals surface area contributed by atoms with E-state index in [1.54, 1.807) is 35.3 Å². The second kappa shape index (κ2) is 12.8. The molecule has 2 atom stereocenters. The van der Waals surface area contributed by atoms with Crippen LogP contribution >= 0.6 is 0 Å². The van der Waals surface area contributed by atoms with Gasteiger partial charge in [0.25, 0.3) is 0 Å². The van der Waals surface area contributed by atoms with Crippen molar-refractivity contribution in [1.82, 2.24) is 35.1 Å². The Bertz CT molecular complexity index is 1540. The van der Waals surface area contributed by atoms with Crippen LogP contribution in [0.3, 0.4) is 0 Å². The van der Waals surface area contributed by atoms with Crippen molar-refractivity contribution in [2.75, 3.05) is 50.1 Å². The molecular weight excluding hydrogens is 553 g/mol. The molecule has 0 spiro atoms. The van der Waals surface area contributed by atoms with E-state index in [1.165, 1.54) is 12.3 Å². The smallest absolute Gasteiger partial charge is 0.320 e. The van der Waals surface area contributed by atoms with Gasteiger partial charge in [0.1, 0.15) is 17.6 Å². The molecule has 0 saturated carbocycles. The van der Waals surface area contributed by atoms with Crippen LogP contribution in [0.4, 0.5) is 21.0 Å². The molecule has 13 heteroatoms. The molecule has 0 bridgehead atoms. The van der Waals surface area contributed by atoms with Crippen molar-refractivity contribution in [3.05, 3.63) is 78.1 Å². The predicted molar refractivity (Wildman–Crippen MR) is 158 cm³/mol. The van der Waals surface area contributed by atoms with Crippen molar-refractivity contribution in [2.24, 2.45) is 0 Å². The lowest BCUT2D eigenvalue weighted by Crippen LogP contribution is -2.42. The summed E-state index contributed by atoms with van der Waals surface area (Å²) in [5, 5.41) is 12.6. The Morgan fingerprint density at radius 1 is 1.12 bits per heavy atom. The Kier molecular flexibility index (Phi) is 8.54. The first-order valence-electron chi connectivity index (χ1n) is 14.3. The monoisotopic (exact) mass is 587 g/mol. The fourth-order valence-electron chi connectivity index (χ4n) is 5.45. The maximum Gasteiger partial charge on any atom is 0.320 e. The molecule has 224 valence electrons. The number of nitrogens with zero attached hydrogens (tertiary/aromatic N) is 7. The summed E-state index contributed by atoms with van der Waals surface area (Å²) in [5.74, 6) is 0.595. The van der Waals surface area contributed by atoms with Crippen molar-refractivity contribution >= 4 is 17.8 Å². The number of carbonyl (C=O) groups excluding carboxylic acids is 1. The van der Waals surface area contributed by atoms with Gasteiger partial charge in [0.2, 0.25) is 11.9 Å². The van der Waals surface area contributed by atoms with Crippen molar-refractivity contribution < 1.29 is 18.8 Å². The minimum absolute atomic E-state index is 0.383. The molecule has 43 heavy (non-hydrogen) atoms. The average molecular weight is 588 g/mol. The van der Waals surface area contributed by atoms with Crippen molar-refractivity contribution in [1.29, 1.82) is 0 Å². The summed E-state index contributed by atoms with van der Waals surface area (Å²) >= 11 is 0. The van der Waals surface area contributed by atoms with Gasteiger partial charge in [0.05, 0.1) is 18.3 Å². The van der Waals surface area contributed by atoms with E-state index in [4.69, 9.17) is 14.7 Å². The topological polar surface area (TPSA) is 123 Å². The van der Waals surface area contributed by atoms with Gasteiger partial charge in [-0.1, -0.05) is 18.2 Å². The standard InChI is InChI=1S/C30H34FN9O3/c1-20-26(22-17-33-29(34-18-22)38-12-6-7-13-38)37-40(23-8-4-3-5-9-23)28(20)36-30(41)35-24-19-39(14-15-42-2)43-27(24)21-10-11-32-25(31)16-21/h3-5,8-11,16-18,24,27H,6-7,12-15,19H2,1-2H3,(H2,35,36,41)/t24-,27+/m1/s1. The number of pyridine rings is 1. The molecule has 2 N–H and O–H groups in total. The highest BCUT2D eigenvalue weighted by Gasteiger charge is 2.37. The molecule has 0 aliphatic carbocycles. The van der Waals surface area contributed by atoms with Gasteiger partial charge >= 0.3 is 6.03 Å². The van der Waals surface area contributed by atoms with E-state index in [0.29, 0.717) is 42.7 Å². The molecule has 3 aromatic heterocycles. The highest BCUT2D eigenvalue weighted by Crippen LogP contribution is 2.32. The van der Waals surface area contributed by atoms with Crippen LogP contribution < -0.4 is 15.5 Å². The highest BCUT2D eigenvalue weighted by molar-refractivity contribution is 5.91. The molecule has 0 radical (unpaired) electrons. The number of aromatic nitrogens is 5. The van der Waals surface area contributed by atoms with Crippen LogP contribution in [0.1, 0.15) is 30.1 Å². The zero-order chi connectivity index (χ0) is 29.8. The summed E-state index contributed by atoms with van der Waals surface area (Å²) in [6.45, 7) is 5.13. The van der Waals surface area contributed by atoms with Crippen molar-refractivity contribution in [2.45, 2.75) is 31.9 Å². The maximum absolute atomic E-state index is 14.0. The van der Waals surface area contributed by atoms with Crippen LogP contribution in [0.25, 0.3) is 16.9 Å². The van der Waals surface area contributed by atoms with Crippen LogP contribution in [-0.4, -0.2) is 81.8 Å².